The van der Waals surface area contributed by atoms with Crippen LogP contribution in [0.1, 0.15) is 15.9 Å². The molecule has 1 aromatic rings. The van der Waals surface area contributed by atoms with E-state index in [1.807, 2.05) is 0 Å². The Balaban J connectivity index is 0.00000112. The molecule has 2 rings (SSSR count). The predicted molar refractivity (Wildman–Crippen MR) is 57.8 cm³/mol. The van der Waals surface area contributed by atoms with Crippen LogP contribution in [-0.2, 0) is 6.42 Å². The molecule has 0 spiro atoms. The maximum atomic E-state index is 10.7. The molecular weight excluding hydrogens is 218 g/mol. The summed E-state index contributed by atoms with van der Waals surface area (Å²) in [7, 11) is 0. The van der Waals surface area contributed by atoms with Crippen molar-refractivity contribution >= 4 is 18.4 Å². The number of ether oxygens (including phenoxy) is 1. The van der Waals surface area contributed by atoms with E-state index in [1.165, 1.54) is 0 Å². The number of nitrogens with two attached hydrogens (primary N) is 1. The molecule has 1 aliphatic heterocycles. The van der Waals surface area contributed by atoms with Gasteiger partial charge in [-0.3, -0.25) is 0 Å². The Morgan fingerprint density at radius 3 is 2.93 bits per heavy atom. The molecule has 0 aromatic heterocycles. The number of hydrogen-bond acceptors (Lipinski definition) is 3. The minimum atomic E-state index is -0.913. The van der Waals surface area contributed by atoms with E-state index >= 15 is 0 Å². The van der Waals surface area contributed by atoms with Gasteiger partial charge in [0.15, 0.2) is 0 Å². The Morgan fingerprint density at radius 2 is 2.33 bits per heavy atom. The van der Waals surface area contributed by atoms with Crippen LogP contribution in [0.2, 0.25) is 0 Å². The summed E-state index contributed by atoms with van der Waals surface area (Å²) >= 11 is 0. The van der Waals surface area contributed by atoms with Gasteiger partial charge < -0.3 is 15.6 Å². The van der Waals surface area contributed by atoms with Gasteiger partial charge in [-0.15, -0.1) is 12.4 Å². The van der Waals surface area contributed by atoms with Crippen molar-refractivity contribution in [3.63, 3.8) is 0 Å². The summed E-state index contributed by atoms with van der Waals surface area (Å²) in [4.78, 5) is 10.7. The van der Waals surface area contributed by atoms with Crippen LogP contribution in [-0.4, -0.2) is 23.7 Å². The number of carbonyl (C=O) groups is 1. The normalized spacial score (nSPS) is 17.5. The maximum Gasteiger partial charge on any atom is 0.335 e. The number of halogens is 1. The highest BCUT2D eigenvalue weighted by molar-refractivity contribution is 5.88. The summed E-state index contributed by atoms with van der Waals surface area (Å²) in [5, 5.41) is 8.77. The fourth-order valence-corrected chi connectivity index (χ4v) is 1.58. The molecule has 1 aromatic carbocycles. The van der Waals surface area contributed by atoms with Crippen molar-refractivity contribution < 1.29 is 14.6 Å². The van der Waals surface area contributed by atoms with Crippen molar-refractivity contribution in [3.05, 3.63) is 29.3 Å². The van der Waals surface area contributed by atoms with Crippen LogP contribution in [0.4, 0.5) is 0 Å². The Labute approximate surface area is 93.4 Å². The van der Waals surface area contributed by atoms with Gasteiger partial charge in [0.2, 0.25) is 0 Å². The van der Waals surface area contributed by atoms with Gasteiger partial charge in [0.25, 0.3) is 0 Å². The first-order valence-electron chi connectivity index (χ1n) is 4.43. The van der Waals surface area contributed by atoms with Crippen LogP contribution in [0.5, 0.6) is 5.75 Å². The van der Waals surface area contributed by atoms with Gasteiger partial charge in [-0.1, -0.05) is 0 Å². The highest BCUT2D eigenvalue weighted by Crippen LogP contribution is 2.29. The molecular formula is C10H12ClNO3. The summed E-state index contributed by atoms with van der Waals surface area (Å²) in [6, 6.07) is 4.88. The lowest BCUT2D eigenvalue weighted by Crippen LogP contribution is -2.24. The molecule has 0 radical (unpaired) electrons. The minimum absolute atomic E-state index is 0. The molecule has 0 amide bonds. The maximum absolute atomic E-state index is 10.7. The Bertz CT molecular complexity index is 381. The van der Waals surface area contributed by atoms with Crippen LogP contribution in [0.3, 0.4) is 0 Å². The lowest BCUT2D eigenvalue weighted by Gasteiger charge is -2.05. The number of carboxylic acids is 1. The van der Waals surface area contributed by atoms with Crippen molar-refractivity contribution in [1.29, 1.82) is 0 Å². The zero-order chi connectivity index (χ0) is 10.1. The SMILES string of the molecule is Cl.NCC1Cc2cc(C(=O)O)ccc2O1. The molecule has 0 fully saturated rings. The zero-order valence-electron chi connectivity index (χ0n) is 7.97. The molecule has 0 aliphatic carbocycles. The van der Waals surface area contributed by atoms with E-state index < -0.39 is 5.97 Å². The second kappa shape index (κ2) is 4.51. The van der Waals surface area contributed by atoms with E-state index in [0.29, 0.717) is 18.5 Å². The minimum Gasteiger partial charge on any atom is -0.488 e. The van der Waals surface area contributed by atoms with Gasteiger partial charge >= 0.3 is 5.97 Å². The van der Waals surface area contributed by atoms with Crippen LogP contribution in [0.15, 0.2) is 18.2 Å². The number of rotatable bonds is 2. The number of carboxylic acid groups (broad SMARTS) is 1. The third-order valence-corrected chi connectivity index (χ3v) is 2.31. The molecule has 82 valence electrons. The lowest BCUT2D eigenvalue weighted by atomic mass is 10.1. The molecule has 4 nitrogen and oxygen atoms in total. The zero-order valence-corrected chi connectivity index (χ0v) is 8.79. The van der Waals surface area contributed by atoms with Crippen molar-refractivity contribution in [3.8, 4) is 5.75 Å². The molecule has 1 heterocycles. The van der Waals surface area contributed by atoms with E-state index in [2.05, 4.69) is 0 Å². The van der Waals surface area contributed by atoms with Crippen LogP contribution >= 0.6 is 12.4 Å². The van der Waals surface area contributed by atoms with Crippen LogP contribution in [0, 0.1) is 0 Å². The first-order valence-corrected chi connectivity index (χ1v) is 4.43. The molecule has 3 N–H and O–H groups in total. The van der Waals surface area contributed by atoms with Gasteiger partial charge in [0.05, 0.1) is 5.56 Å². The highest BCUT2D eigenvalue weighted by Gasteiger charge is 2.22. The average molecular weight is 230 g/mol. The van der Waals surface area contributed by atoms with Gasteiger partial charge in [0.1, 0.15) is 11.9 Å². The Hall–Kier alpha value is -1.26. The Kier molecular flexibility index (Phi) is 3.55. The smallest absolute Gasteiger partial charge is 0.335 e. The standard InChI is InChI=1S/C10H11NO3.ClH/c11-5-8-4-7-3-6(10(12)13)1-2-9(7)14-8;/h1-3,8H,4-5,11H2,(H,12,13);1H. The second-order valence-corrected chi connectivity index (χ2v) is 3.31. The summed E-state index contributed by atoms with van der Waals surface area (Å²) in [6.07, 6.45) is 0.696. The summed E-state index contributed by atoms with van der Waals surface area (Å²) in [6.45, 7) is 0.455. The molecule has 1 aliphatic rings. The van der Waals surface area contributed by atoms with Crippen molar-refractivity contribution in [2.45, 2.75) is 12.5 Å². The van der Waals surface area contributed by atoms with Crippen molar-refractivity contribution in [2.75, 3.05) is 6.54 Å². The summed E-state index contributed by atoms with van der Waals surface area (Å²) in [5.74, 6) is -0.158. The molecule has 0 saturated carbocycles. The predicted octanol–water partition coefficient (Wildman–Crippen LogP) is 1.07. The Morgan fingerprint density at radius 1 is 1.60 bits per heavy atom. The molecule has 15 heavy (non-hydrogen) atoms. The van der Waals surface area contributed by atoms with E-state index in [-0.39, 0.29) is 18.5 Å². The molecule has 0 bridgehead atoms. The molecule has 1 atom stereocenters. The topological polar surface area (TPSA) is 72.6 Å². The third-order valence-electron chi connectivity index (χ3n) is 2.31. The van der Waals surface area contributed by atoms with E-state index in [4.69, 9.17) is 15.6 Å². The second-order valence-electron chi connectivity index (χ2n) is 3.31. The average Bonchev–Trinajstić information content (AvgIpc) is 2.58. The first-order chi connectivity index (χ1) is 6.70. The summed E-state index contributed by atoms with van der Waals surface area (Å²) in [5.41, 5.74) is 6.70. The number of aromatic carboxylic acids is 1. The quantitative estimate of drug-likeness (QED) is 0.796. The van der Waals surface area contributed by atoms with Crippen molar-refractivity contribution in [1.82, 2.24) is 0 Å². The monoisotopic (exact) mass is 229 g/mol. The third kappa shape index (κ3) is 2.22. The van der Waals surface area contributed by atoms with Crippen LogP contribution < -0.4 is 10.5 Å². The largest absolute Gasteiger partial charge is 0.488 e. The van der Waals surface area contributed by atoms with E-state index in [0.717, 1.165) is 11.3 Å². The van der Waals surface area contributed by atoms with Gasteiger partial charge in [-0.2, -0.15) is 0 Å². The van der Waals surface area contributed by atoms with E-state index in [9.17, 15) is 4.79 Å². The number of hydrogen-bond donors (Lipinski definition) is 2. The van der Waals surface area contributed by atoms with Crippen LogP contribution in [0.25, 0.3) is 0 Å². The fraction of sp³-hybridized carbons (Fsp3) is 0.300. The molecule has 5 heteroatoms. The first kappa shape index (κ1) is 11.8. The van der Waals surface area contributed by atoms with Crippen molar-refractivity contribution in [2.24, 2.45) is 5.73 Å². The van der Waals surface area contributed by atoms with Gasteiger partial charge in [-0.05, 0) is 23.8 Å². The number of fused-ring (bicyclic) bond motifs is 1. The fourth-order valence-electron chi connectivity index (χ4n) is 1.58. The van der Waals surface area contributed by atoms with E-state index in [1.54, 1.807) is 18.2 Å². The van der Waals surface area contributed by atoms with Gasteiger partial charge in [0, 0.05) is 13.0 Å². The lowest BCUT2D eigenvalue weighted by molar-refractivity contribution is 0.0697. The molecule has 0 saturated heterocycles. The highest BCUT2D eigenvalue weighted by atomic mass is 35.5. The summed E-state index contributed by atoms with van der Waals surface area (Å²) < 4.78 is 5.47. The molecule has 1 unspecified atom stereocenters. The van der Waals surface area contributed by atoms with Gasteiger partial charge in [-0.25, -0.2) is 4.79 Å². The number of benzene rings is 1.